The van der Waals surface area contributed by atoms with E-state index in [2.05, 4.69) is 4.90 Å². The van der Waals surface area contributed by atoms with Crippen molar-refractivity contribution in [3.8, 4) is 0 Å². The van der Waals surface area contributed by atoms with Gasteiger partial charge >= 0.3 is 0 Å². The van der Waals surface area contributed by atoms with Crippen LogP contribution in [0, 0.1) is 0 Å². The molecule has 2 aliphatic rings. The van der Waals surface area contributed by atoms with Gasteiger partial charge in [-0.2, -0.15) is 0 Å². The van der Waals surface area contributed by atoms with E-state index in [9.17, 15) is 0 Å². The molecule has 0 spiro atoms. The lowest BCUT2D eigenvalue weighted by atomic mass is 10.2. The molecule has 2 fully saturated rings. The van der Waals surface area contributed by atoms with E-state index >= 15 is 0 Å². The van der Waals surface area contributed by atoms with Gasteiger partial charge in [-0.05, 0) is 19.3 Å². The average Bonchev–Trinajstić information content (AvgIpc) is 2.63. The molecule has 0 radical (unpaired) electrons. The Labute approximate surface area is 86.6 Å². The fourth-order valence-corrected chi connectivity index (χ4v) is 2.67. The van der Waals surface area contributed by atoms with Crippen LogP contribution in [0.1, 0.15) is 32.1 Å². The first-order valence-electron chi connectivity index (χ1n) is 5.96. The average molecular weight is 198 g/mol. The van der Waals surface area contributed by atoms with Crippen molar-refractivity contribution < 1.29 is 4.74 Å². The number of hydrogen-bond acceptors (Lipinski definition) is 3. The van der Waals surface area contributed by atoms with Crippen molar-refractivity contribution in [2.75, 3.05) is 26.2 Å². The minimum absolute atomic E-state index is 0.276. The van der Waals surface area contributed by atoms with E-state index in [0.29, 0.717) is 6.54 Å². The van der Waals surface area contributed by atoms with Gasteiger partial charge in [0, 0.05) is 32.3 Å². The number of rotatable bonds is 2. The van der Waals surface area contributed by atoms with E-state index in [1.165, 1.54) is 38.6 Å². The van der Waals surface area contributed by atoms with Crippen LogP contribution in [-0.2, 0) is 4.74 Å². The summed E-state index contributed by atoms with van der Waals surface area (Å²) >= 11 is 0. The molecule has 82 valence electrons. The van der Waals surface area contributed by atoms with Crippen molar-refractivity contribution in [2.45, 2.75) is 44.2 Å². The SMILES string of the molecule is NCC1CN(C2CCCC2)CCCO1. The zero-order valence-corrected chi connectivity index (χ0v) is 8.95. The fraction of sp³-hybridized carbons (Fsp3) is 1.00. The molecular formula is C11H22N2O. The Bertz CT molecular complexity index is 169. The maximum atomic E-state index is 5.68. The second-order valence-corrected chi connectivity index (χ2v) is 4.52. The molecule has 2 N–H and O–H groups in total. The van der Waals surface area contributed by atoms with Crippen molar-refractivity contribution in [3.63, 3.8) is 0 Å². The Morgan fingerprint density at radius 3 is 2.71 bits per heavy atom. The van der Waals surface area contributed by atoms with Crippen LogP contribution in [0.4, 0.5) is 0 Å². The molecule has 14 heavy (non-hydrogen) atoms. The topological polar surface area (TPSA) is 38.5 Å². The Balaban J connectivity index is 1.88. The monoisotopic (exact) mass is 198 g/mol. The lowest BCUT2D eigenvalue weighted by molar-refractivity contribution is 0.0542. The van der Waals surface area contributed by atoms with Gasteiger partial charge in [0.15, 0.2) is 0 Å². The quantitative estimate of drug-likeness (QED) is 0.719. The largest absolute Gasteiger partial charge is 0.376 e. The molecule has 1 saturated carbocycles. The third-order valence-electron chi connectivity index (χ3n) is 3.49. The summed E-state index contributed by atoms with van der Waals surface area (Å²) in [5, 5.41) is 0. The smallest absolute Gasteiger partial charge is 0.0824 e. The van der Waals surface area contributed by atoms with Gasteiger partial charge in [0.25, 0.3) is 0 Å². The fourth-order valence-electron chi connectivity index (χ4n) is 2.67. The minimum atomic E-state index is 0.276. The Morgan fingerprint density at radius 1 is 1.21 bits per heavy atom. The van der Waals surface area contributed by atoms with Crippen molar-refractivity contribution in [3.05, 3.63) is 0 Å². The summed E-state index contributed by atoms with van der Waals surface area (Å²) in [4.78, 5) is 2.61. The zero-order valence-electron chi connectivity index (χ0n) is 8.95. The molecule has 0 aromatic rings. The Morgan fingerprint density at radius 2 is 2.00 bits per heavy atom. The van der Waals surface area contributed by atoms with Gasteiger partial charge in [0.2, 0.25) is 0 Å². The molecule has 1 heterocycles. The van der Waals surface area contributed by atoms with Gasteiger partial charge in [-0.25, -0.2) is 0 Å². The molecule has 1 atom stereocenters. The van der Waals surface area contributed by atoms with Crippen molar-refractivity contribution in [1.29, 1.82) is 0 Å². The van der Waals surface area contributed by atoms with Crippen LogP contribution >= 0.6 is 0 Å². The Kier molecular flexibility index (Phi) is 3.79. The summed E-state index contributed by atoms with van der Waals surface area (Å²) in [5.41, 5.74) is 5.68. The van der Waals surface area contributed by atoms with Crippen LogP contribution in [-0.4, -0.2) is 43.3 Å². The van der Waals surface area contributed by atoms with Gasteiger partial charge in [-0.15, -0.1) is 0 Å². The molecule has 2 rings (SSSR count). The Hall–Kier alpha value is -0.120. The molecule has 3 nitrogen and oxygen atoms in total. The third kappa shape index (κ3) is 2.47. The summed E-state index contributed by atoms with van der Waals surface area (Å²) in [6.45, 7) is 3.83. The first-order chi connectivity index (χ1) is 6.90. The summed E-state index contributed by atoms with van der Waals surface area (Å²) in [6, 6.07) is 0.825. The standard InChI is InChI=1S/C11H22N2O/c12-8-11-9-13(6-3-7-14-11)10-4-1-2-5-10/h10-11H,1-9,12H2. The highest BCUT2D eigenvalue weighted by molar-refractivity contribution is 4.81. The molecule has 0 amide bonds. The highest BCUT2D eigenvalue weighted by Gasteiger charge is 2.26. The van der Waals surface area contributed by atoms with E-state index in [0.717, 1.165) is 19.2 Å². The molecule has 0 bridgehead atoms. The van der Waals surface area contributed by atoms with Crippen LogP contribution < -0.4 is 5.73 Å². The predicted molar refractivity (Wildman–Crippen MR) is 57.2 cm³/mol. The van der Waals surface area contributed by atoms with E-state index in [-0.39, 0.29) is 6.10 Å². The second-order valence-electron chi connectivity index (χ2n) is 4.52. The van der Waals surface area contributed by atoms with E-state index in [4.69, 9.17) is 10.5 Å². The number of hydrogen-bond donors (Lipinski definition) is 1. The number of ether oxygens (including phenoxy) is 1. The second kappa shape index (κ2) is 5.10. The van der Waals surface area contributed by atoms with Crippen molar-refractivity contribution >= 4 is 0 Å². The maximum absolute atomic E-state index is 5.68. The van der Waals surface area contributed by atoms with E-state index in [1.807, 2.05) is 0 Å². The van der Waals surface area contributed by atoms with Crippen LogP contribution in [0.15, 0.2) is 0 Å². The van der Waals surface area contributed by atoms with Gasteiger partial charge in [0.1, 0.15) is 0 Å². The van der Waals surface area contributed by atoms with Gasteiger partial charge in [-0.3, -0.25) is 4.90 Å². The molecular weight excluding hydrogens is 176 g/mol. The summed E-state index contributed by atoms with van der Waals surface area (Å²) in [6.07, 6.45) is 7.05. The van der Waals surface area contributed by atoms with Crippen molar-refractivity contribution in [1.82, 2.24) is 4.90 Å². The van der Waals surface area contributed by atoms with E-state index < -0.39 is 0 Å². The summed E-state index contributed by atoms with van der Waals surface area (Å²) < 4.78 is 5.68. The van der Waals surface area contributed by atoms with Crippen LogP contribution in [0.25, 0.3) is 0 Å². The number of nitrogens with zero attached hydrogens (tertiary/aromatic N) is 1. The number of nitrogens with two attached hydrogens (primary N) is 1. The minimum Gasteiger partial charge on any atom is -0.376 e. The van der Waals surface area contributed by atoms with Gasteiger partial charge in [0.05, 0.1) is 6.10 Å². The molecule has 1 aliphatic carbocycles. The van der Waals surface area contributed by atoms with Gasteiger partial charge in [-0.1, -0.05) is 12.8 Å². The molecule has 1 aliphatic heterocycles. The highest BCUT2D eigenvalue weighted by atomic mass is 16.5. The molecule has 1 saturated heterocycles. The highest BCUT2D eigenvalue weighted by Crippen LogP contribution is 2.24. The van der Waals surface area contributed by atoms with Crippen molar-refractivity contribution in [2.24, 2.45) is 5.73 Å². The lowest BCUT2D eigenvalue weighted by Crippen LogP contribution is -2.41. The molecule has 3 heteroatoms. The van der Waals surface area contributed by atoms with Gasteiger partial charge < -0.3 is 10.5 Å². The predicted octanol–water partition coefficient (Wildman–Crippen LogP) is 0.979. The maximum Gasteiger partial charge on any atom is 0.0824 e. The van der Waals surface area contributed by atoms with Crippen LogP contribution in [0.2, 0.25) is 0 Å². The first-order valence-corrected chi connectivity index (χ1v) is 5.96. The zero-order chi connectivity index (χ0) is 9.80. The van der Waals surface area contributed by atoms with Crippen LogP contribution in [0.5, 0.6) is 0 Å². The molecule has 0 aromatic carbocycles. The third-order valence-corrected chi connectivity index (χ3v) is 3.49. The van der Waals surface area contributed by atoms with E-state index in [1.54, 1.807) is 0 Å². The van der Waals surface area contributed by atoms with Crippen LogP contribution in [0.3, 0.4) is 0 Å². The summed E-state index contributed by atoms with van der Waals surface area (Å²) in [5.74, 6) is 0. The first kappa shape index (κ1) is 10.4. The normalized spacial score (nSPS) is 31.9. The lowest BCUT2D eigenvalue weighted by Gasteiger charge is -2.28. The molecule has 0 aromatic heterocycles. The molecule has 1 unspecified atom stereocenters. The summed E-state index contributed by atoms with van der Waals surface area (Å²) in [7, 11) is 0.